The van der Waals surface area contributed by atoms with Gasteiger partial charge in [-0.15, -0.1) is 0 Å². The summed E-state index contributed by atoms with van der Waals surface area (Å²) >= 11 is 0. The van der Waals surface area contributed by atoms with Crippen molar-refractivity contribution in [3.05, 3.63) is 78.1 Å². The van der Waals surface area contributed by atoms with Crippen molar-refractivity contribution in [3.63, 3.8) is 0 Å². The second-order valence-corrected chi connectivity index (χ2v) is 7.20. The van der Waals surface area contributed by atoms with E-state index in [1.165, 1.54) is 18.4 Å². The van der Waals surface area contributed by atoms with Gasteiger partial charge in [0.15, 0.2) is 0 Å². The van der Waals surface area contributed by atoms with Crippen LogP contribution in [0.15, 0.2) is 67.0 Å². The number of nitrogens with zero attached hydrogens (tertiary/aromatic N) is 4. The van der Waals surface area contributed by atoms with E-state index in [1.807, 2.05) is 24.3 Å². The molecule has 0 aliphatic carbocycles. The summed E-state index contributed by atoms with van der Waals surface area (Å²) in [5.74, 6) is 2.42. The lowest BCUT2D eigenvalue weighted by molar-refractivity contribution is 0.402. The minimum absolute atomic E-state index is 0.625. The number of aromatic nitrogens is 2. The molecule has 1 saturated heterocycles. The zero-order valence-corrected chi connectivity index (χ0v) is 15.8. The Kier molecular flexibility index (Phi) is 5.48. The molecule has 1 fully saturated rings. The van der Waals surface area contributed by atoms with Gasteiger partial charge in [0.05, 0.1) is 11.6 Å². The average Bonchev–Trinajstić information content (AvgIpc) is 2.75. The molecule has 2 aromatic carbocycles. The highest BCUT2D eigenvalue weighted by Gasteiger charge is 2.20. The number of rotatable bonds is 5. The van der Waals surface area contributed by atoms with Crippen LogP contribution in [0, 0.1) is 17.2 Å². The van der Waals surface area contributed by atoms with E-state index in [1.54, 1.807) is 12.4 Å². The maximum absolute atomic E-state index is 9.05. The molecule has 4 rings (SSSR count). The number of piperidine rings is 1. The van der Waals surface area contributed by atoms with Crippen LogP contribution in [-0.2, 0) is 6.42 Å². The second kappa shape index (κ2) is 8.53. The van der Waals surface area contributed by atoms with Gasteiger partial charge in [-0.1, -0.05) is 36.4 Å². The topological polar surface area (TPSA) is 64.8 Å². The zero-order valence-electron chi connectivity index (χ0n) is 15.8. The van der Waals surface area contributed by atoms with Crippen LogP contribution < -0.4 is 10.2 Å². The predicted molar refractivity (Wildman–Crippen MR) is 112 cm³/mol. The summed E-state index contributed by atoms with van der Waals surface area (Å²) in [5.41, 5.74) is 2.90. The molecule has 0 radical (unpaired) electrons. The molecule has 1 aliphatic rings. The fourth-order valence-corrected chi connectivity index (χ4v) is 3.72. The molecule has 1 N–H and O–H groups in total. The molecule has 3 aromatic rings. The van der Waals surface area contributed by atoms with Crippen molar-refractivity contribution in [2.24, 2.45) is 5.92 Å². The van der Waals surface area contributed by atoms with E-state index in [4.69, 9.17) is 5.26 Å². The monoisotopic (exact) mass is 369 g/mol. The van der Waals surface area contributed by atoms with Crippen LogP contribution in [0.5, 0.6) is 0 Å². The van der Waals surface area contributed by atoms with Gasteiger partial charge in [-0.3, -0.25) is 0 Å². The first-order valence-electron chi connectivity index (χ1n) is 9.68. The summed E-state index contributed by atoms with van der Waals surface area (Å²) in [6, 6.07) is 22.3. The predicted octanol–water partition coefficient (Wildman–Crippen LogP) is 4.55. The summed E-state index contributed by atoms with van der Waals surface area (Å²) in [7, 11) is 0. The van der Waals surface area contributed by atoms with Crippen LogP contribution in [0.4, 0.5) is 17.3 Å². The lowest BCUT2D eigenvalue weighted by Gasteiger charge is -2.33. The van der Waals surface area contributed by atoms with Crippen molar-refractivity contribution >= 4 is 17.3 Å². The van der Waals surface area contributed by atoms with E-state index in [0.29, 0.717) is 5.56 Å². The van der Waals surface area contributed by atoms with Crippen molar-refractivity contribution in [1.82, 2.24) is 9.97 Å². The van der Waals surface area contributed by atoms with Gasteiger partial charge in [0.25, 0.3) is 0 Å². The van der Waals surface area contributed by atoms with Crippen LogP contribution >= 0.6 is 0 Å². The van der Waals surface area contributed by atoms with E-state index < -0.39 is 0 Å². The SMILES string of the molecule is N#Cc1cccc(Nc2cc(N3CCC(Cc4ccccc4)CC3)ncn2)c1. The smallest absolute Gasteiger partial charge is 0.135 e. The van der Waals surface area contributed by atoms with Crippen molar-refractivity contribution in [2.45, 2.75) is 19.3 Å². The van der Waals surface area contributed by atoms with E-state index in [0.717, 1.165) is 42.8 Å². The summed E-state index contributed by atoms with van der Waals surface area (Å²) in [6.07, 6.45) is 5.10. The molecular weight excluding hydrogens is 346 g/mol. The quantitative estimate of drug-likeness (QED) is 0.715. The molecular formula is C23H23N5. The molecule has 0 atom stereocenters. The lowest BCUT2D eigenvalue weighted by atomic mass is 9.90. The molecule has 0 saturated carbocycles. The van der Waals surface area contributed by atoms with E-state index in [-0.39, 0.29) is 0 Å². The van der Waals surface area contributed by atoms with Gasteiger partial charge in [-0.2, -0.15) is 5.26 Å². The third-order valence-electron chi connectivity index (χ3n) is 5.22. The number of nitriles is 1. The summed E-state index contributed by atoms with van der Waals surface area (Å²) in [6.45, 7) is 2.02. The van der Waals surface area contributed by atoms with Gasteiger partial charge < -0.3 is 10.2 Å². The van der Waals surface area contributed by atoms with Crippen molar-refractivity contribution in [3.8, 4) is 6.07 Å². The third-order valence-corrected chi connectivity index (χ3v) is 5.22. The third kappa shape index (κ3) is 4.47. The first kappa shape index (κ1) is 18.0. The zero-order chi connectivity index (χ0) is 19.2. The highest BCUT2D eigenvalue weighted by Crippen LogP contribution is 2.26. The van der Waals surface area contributed by atoms with E-state index >= 15 is 0 Å². The van der Waals surface area contributed by atoms with Gasteiger partial charge in [0.1, 0.15) is 18.0 Å². The largest absolute Gasteiger partial charge is 0.356 e. The number of hydrogen-bond acceptors (Lipinski definition) is 5. The molecule has 0 spiro atoms. The van der Waals surface area contributed by atoms with Crippen LogP contribution in [0.25, 0.3) is 0 Å². The van der Waals surface area contributed by atoms with Crippen LogP contribution in [0.1, 0.15) is 24.0 Å². The first-order valence-corrected chi connectivity index (χ1v) is 9.68. The maximum Gasteiger partial charge on any atom is 0.135 e. The van der Waals surface area contributed by atoms with Gasteiger partial charge >= 0.3 is 0 Å². The average molecular weight is 369 g/mol. The number of anilines is 3. The Morgan fingerprint density at radius 2 is 1.82 bits per heavy atom. The molecule has 1 aromatic heterocycles. The van der Waals surface area contributed by atoms with E-state index in [2.05, 4.69) is 56.6 Å². The fourth-order valence-electron chi connectivity index (χ4n) is 3.72. The minimum Gasteiger partial charge on any atom is -0.356 e. The Hall–Kier alpha value is -3.39. The van der Waals surface area contributed by atoms with Crippen molar-refractivity contribution in [2.75, 3.05) is 23.3 Å². The molecule has 2 heterocycles. The van der Waals surface area contributed by atoms with Crippen molar-refractivity contribution < 1.29 is 0 Å². The Labute approximate surface area is 165 Å². The summed E-state index contributed by atoms with van der Waals surface area (Å²) in [4.78, 5) is 11.1. The van der Waals surface area contributed by atoms with Gasteiger partial charge in [-0.25, -0.2) is 9.97 Å². The van der Waals surface area contributed by atoms with E-state index in [9.17, 15) is 0 Å². The first-order chi connectivity index (χ1) is 13.8. The van der Waals surface area contributed by atoms with Crippen LogP contribution in [0.2, 0.25) is 0 Å². The summed E-state index contributed by atoms with van der Waals surface area (Å²) < 4.78 is 0. The molecule has 1 aliphatic heterocycles. The Morgan fingerprint density at radius 1 is 1.00 bits per heavy atom. The maximum atomic E-state index is 9.05. The highest BCUT2D eigenvalue weighted by atomic mass is 15.2. The molecule has 0 unspecified atom stereocenters. The Bertz CT molecular complexity index is 956. The molecule has 5 heteroatoms. The standard InChI is InChI=1S/C23H23N5/c24-16-20-7-4-8-21(14-20)27-22-15-23(26-17-25-22)28-11-9-19(10-12-28)13-18-5-2-1-3-6-18/h1-8,14-15,17,19H,9-13H2,(H,25,26,27). The van der Waals surface area contributed by atoms with Gasteiger partial charge in [-0.05, 0) is 48.9 Å². The van der Waals surface area contributed by atoms with Gasteiger partial charge in [0, 0.05) is 24.8 Å². The molecule has 28 heavy (non-hydrogen) atoms. The normalized spacial score (nSPS) is 14.5. The minimum atomic E-state index is 0.625. The Balaban J connectivity index is 1.38. The number of benzene rings is 2. The molecule has 0 bridgehead atoms. The van der Waals surface area contributed by atoms with Gasteiger partial charge in [0.2, 0.25) is 0 Å². The summed E-state index contributed by atoms with van der Waals surface area (Å²) in [5, 5.41) is 12.3. The lowest BCUT2D eigenvalue weighted by Crippen LogP contribution is -2.34. The Morgan fingerprint density at radius 3 is 2.61 bits per heavy atom. The second-order valence-electron chi connectivity index (χ2n) is 7.20. The van der Waals surface area contributed by atoms with Crippen molar-refractivity contribution in [1.29, 1.82) is 5.26 Å². The van der Waals surface area contributed by atoms with Crippen LogP contribution in [0.3, 0.4) is 0 Å². The molecule has 0 amide bonds. The molecule has 5 nitrogen and oxygen atoms in total. The fraction of sp³-hybridized carbons (Fsp3) is 0.261. The number of hydrogen-bond donors (Lipinski definition) is 1. The molecule has 140 valence electrons. The highest BCUT2D eigenvalue weighted by molar-refractivity contribution is 5.61. The number of nitrogens with one attached hydrogen (secondary N) is 1. The van der Waals surface area contributed by atoms with Crippen LogP contribution in [-0.4, -0.2) is 23.1 Å².